The highest BCUT2D eigenvalue weighted by Gasteiger charge is 2.33. The molecular weight excluding hydrogens is 417 g/mol. The highest BCUT2D eigenvalue weighted by molar-refractivity contribution is 6.31. The molecule has 31 heavy (non-hydrogen) atoms. The van der Waals surface area contributed by atoms with Gasteiger partial charge in [0.2, 0.25) is 5.91 Å². The van der Waals surface area contributed by atoms with E-state index in [4.69, 9.17) is 23.8 Å². The molecule has 3 N–H and O–H groups in total. The number of nitrogen functional groups attached to an aromatic ring is 1. The van der Waals surface area contributed by atoms with Crippen LogP contribution in [0.3, 0.4) is 0 Å². The van der Waals surface area contributed by atoms with E-state index in [0.29, 0.717) is 11.3 Å². The van der Waals surface area contributed by atoms with Crippen LogP contribution in [0.15, 0.2) is 72.8 Å². The van der Waals surface area contributed by atoms with Crippen molar-refractivity contribution in [3.63, 3.8) is 0 Å². The maximum Gasteiger partial charge on any atom is 0.303 e. The average molecular weight is 436 g/mol. The monoisotopic (exact) mass is 435 g/mol. The van der Waals surface area contributed by atoms with Crippen LogP contribution in [0.25, 0.3) is 0 Å². The first-order chi connectivity index (χ1) is 14.9. The number of halogens is 2. The summed E-state index contributed by atoms with van der Waals surface area (Å²) in [6.45, 7) is 0.210. The molecule has 3 aromatic carbocycles. The fourth-order valence-electron chi connectivity index (χ4n) is 3.08. The zero-order valence-corrected chi connectivity index (χ0v) is 17.1. The standard InChI is InChI=1S/C24H19ClFN3O2/c1-2-22(30)29(21-14-18(25)10-13-20(21)26)23(17-8-11-19(27)12-9-17)24(31)28-15-16-6-4-3-5-7-16/h1,3-14,23H,15,27H2,(H,28,31). The van der Waals surface area contributed by atoms with E-state index in [2.05, 4.69) is 5.32 Å². The molecule has 156 valence electrons. The van der Waals surface area contributed by atoms with Crippen LogP contribution in [0, 0.1) is 18.2 Å². The lowest BCUT2D eigenvalue weighted by molar-refractivity contribution is -0.125. The van der Waals surface area contributed by atoms with Crippen LogP contribution < -0.4 is 16.0 Å². The Labute approximate surface area is 184 Å². The number of carbonyl (C=O) groups is 2. The zero-order chi connectivity index (χ0) is 22.4. The Morgan fingerprint density at radius 2 is 1.77 bits per heavy atom. The van der Waals surface area contributed by atoms with Crippen LogP contribution in [-0.4, -0.2) is 11.8 Å². The van der Waals surface area contributed by atoms with Crippen molar-refractivity contribution >= 4 is 34.8 Å². The Balaban J connectivity index is 2.06. The molecule has 0 aliphatic rings. The Bertz CT molecular complexity index is 1130. The Kier molecular flexibility index (Phi) is 6.91. The number of hydrogen-bond donors (Lipinski definition) is 2. The van der Waals surface area contributed by atoms with Crippen molar-refractivity contribution < 1.29 is 14.0 Å². The van der Waals surface area contributed by atoms with Gasteiger partial charge < -0.3 is 11.1 Å². The number of hydrogen-bond acceptors (Lipinski definition) is 3. The number of anilines is 2. The van der Waals surface area contributed by atoms with Gasteiger partial charge in [-0.3, -0.25) is 14.5 Å². The molecule has 3 aromatic rings. The van der Waals surface area contributed by atoms with E-state index in [0.717, 1.165) is 16.5 Å². The van der Waals surface area contributed by atoms with Gasteiger partial charge in [-0.2, -0.15) is 0 Å². The molecule has 1 atom stereocenters. The van der Waals surface area contributed by atoms with Gasteiger partial charge in [0.15, 0.2) is 0 Å². The lowest BCUT2D eigenvalue weighted by atomic mass is 10.0. The maximum absolute atomic E-state index is 14.7. The van der Waals surface area contributed by atoms with E-state index < -0.39 is 23.7 Å². The first-order valence-corrected chi connectivity index (χ1v) is 9.70. The molecule has 0 aliphatic heterocycles. The van der Waals surface area contributed by atoms with Crippen LogP contribution in [0.1, 0.15) is 17.2 Å². The van der Waals surface area contributed by atoms with Crippen molar-refractivity contribution in [2.24, 2.45) is 0 Å². The normalized spacial score (nSPS) is 11.3. The van der Waals surface area contributed by atoms with Crippen molar-refractivity contribution in [1.29, 1.82) is 0 Å². The van der Waals surface area contributed by atoms with Crippen LogP contribution in [0.2, 0.25) is 5.02 Å². The summed E-state index contributed by atoms with van der Waals surface area (Å²) in [6, 6.07) is 18.0. The van der Waals surface area contributed by atoms with Gasteiger partial charge in [0.25, 0.3) is 0 Å². The molecule has 2 amide bonds. The minimum Gasteiger partial charge on any atom is -0.399 e. The first kappa shape index (κ1) is 21.9. The van der Waals surface area contributed by atoms with Crippen LogP contribution in [-0.2, 0) is 16.1 Å². The van der Waals surface area contributed by atoms with Crippen molar-refractivity contribution in [3.05, 3.63) is 94.8 Å². The van der Waals surface area contributed by atoms with Gasteiger partial charge in [-0.1, -0.05) is 54.1 Å². The fraction of sp³-hybridized carbons (Fsp3) is 0.0833. The number of benzene rings is 3. The highest BCUT2D eigenvalue weighted by atomic mass is 35.5. The second-order valence-electron chi connectivity index (χ2n) is 6.69. The molecule has 0 saturated heterocycles. The molecule has 0 aliphatic carbocycles. The summed E-state index contributed by atoms with van der Waals surface area (Å²) in [4.78, 5) is 26.9. The average Bonchev–Trinajstić information content (AvgIpc) is 2.78. The van der Waals surface area contributed by atoms with Crippen LogP contribution >= 0.6 is 11.6 Å². The number of amides is 2. The predicted molar refractivity (Wildman–Crippen MR) is 120 cm³/mol. The quantitative estimate of drug-likeness (QED) is 0.452. The summed E-state index contributed by atoms with van der Waals surface area (Å²) in [5.41, 5.74) is 7.29. The van der Waals surface area contributed by atoms with E-state index in [9.17, 15) is 14.0 Å². The van der Waals surface area contributed by atoms with E-state index in [1.807, 2.05) is 36.3 Å². The van der Waals surface area contributed by atoms with Crippen molar-refractivity contribution in [3.8, 4) is 12.3 Å². The minimum atomic E-state index is -1.25. The second kappa shape index (κ2) is 9.79. The van der Waals surface area contributed by atoms with Crippen molar-refractivity contribution in [2.45, 2.75) is 12.6 Å². The fourth-order valence-corrected chi connectivity index (χ4v) is 3.25. The molecule has 3 rings (SSSR count). The highest BCUT2D eigenvalue weighted by Crippen LogP contribution is 2.32. The number of nitrogens with one attached hydrogen (secondary N) is 1. The number of carbonyl (C=O) groups excluding carboxylic acids is 2. The molecular formula is C24H19ClFN3O2. The molecule has 0 bridgehead atoms. The van der Waals surface area contributed by atoms with Crippen LogP contribution in [0.5, 0.6) is 0 Å². The molecule has 0 radical (unpaired) electrons. The van der Waals surface area contributed by atoms with Crippen molar-refractivity contribution in [2.75, 3.05) is 10.6 Å². The summed E-state index contributed by atoms with van der Waals surface area (Å²) in [6.07, 6.45) is 5.36. The Morgan fingerprint density at radius 3 is 2.42 bits per heavy atom. The van der Waals surface area contributed by atoms with E-state index >= 15 is 0 Å². The number of rotatable bonds is 6. The molecule has 0 fully saturated rings. The Morgan fingerprint density at radius 1 is 1.10 bits per heavy atom. The number of nitrogens with two attached hydrogens (primary N) is 1. The van der Waals surface area contributed by atoms with Gasteiger partial charge in [-0.25, -0.2) is 4.39 Å². The molecule has 5 nitrogen and oxygen atoms in total. The van der Waals surface area contributed by atoms with Gasteiger partial charge in [-0.15, -0.1) is 6.42 Å². The smallest absolute Gasteiger partial charge is 0.303 e. The predicted octanol–water partition coefficient (Wildman–Crippen LogP) is 4.09. The Hall–Kier alpha value is -3.82. The lowest BCUT2D eigenvalue weighted by Crippen LogP contribution is -2.43. The molecule has 0 heterocycles. The molecule has 0 saturated carbocycles. The van der Waals surface area contributed by atoms with E-state index in [-0.39, 0.29) is 17.3 Å². The third kappa shape index (κ3) is 5.21. The maximum atomic E-state index is 14.7. The van der Waals surface area contributed by atoms with Gasteiger partial charge in [0.1, 0.15) is 11.9 Å². The SMILES string of the molecule is C#CC(=O)N(c1cc(Cl)ccc1F)C(C(=O)NCc1ccccc1)c1ccc(N)cc1. The molecule has 1 unspecified atom stereocenters. The molecule has 0 spiro atoms. The van der Waals surface area contributed by atoms with Gasteiger partial charge >= 0.3 is 5.91 Å². The third-order valence-corrected chi connectivity index (χ3v) is 4.81. The molecule has 7 heteroatoms. The summed E-state index contributed by atoms with van der Waals surface area (Å²) in [5, 5.41) is 2.97. The topological polar surface area (TPSA) is 75.4 Å². The molecule has 0 aromatic heterocycles. The zero-order valence-electron chi connectivity index (χ0n) is 16.4. The van der Waals surface area contributed by atoms with E-state index in [1.165, 1.54) is 12.1 Å². The lowest BCUT2D eigenvalue weighted by Gasteiger charge is -2.30. The van der Waals surface area contributed by atoms with Gasteiger partial charge in [0, 0.05) is 17.3 Å². The first-order valence-electron chi connectivity index (χ1n) is 9.32. The van der Waals surface area contributed by atoms with Crippen molar-refractivity contribution in [1.82, 2.24) is 5.32 Å². The largest absolute Gasteiger partial charge is 0.399 e. The summed E-state index contributed by atoms with van der Waals surface area (Å²) < 4.78 is 14.7. The summed E-state index contributed by atoms with van der Waals surface area (Å²) >= 11 is 6.03. The minimum absolute atomic E-state index is 0.187. The third-order valence-electron chi connectivity index (χ3n) is 4.58. The van der Waals surface area contributed by atoms with E-state index in [1.54, 1.807) is 24.3 Å². The summed E-state index contributed by atoms with van der Waals surface area (Å²) in [5.74, 6) is -0.209. The second-order valence-corrected chi connectivity index (χ2v) is 7.12. The van der Waals surface area contributed by atoms with Gasteiger partial charge in [-0.05, 0) is 47.4 Å². The van der Waals surface area contributed by atoms with Gasteiger partial charge in [0.05, 0.1) is 5.69 Å². The summed E-state index contributed by atoms with van der Waals surface area (Å²) in [7, 11) is 0. The number of terminal acetylenes is 1. The number of nitrogens with zero attached hydrogens (tertiary/aromatic N) is 1. The van der Waals surface area contributed by atoms with Crippen LogP contribution in [0.4, 0.5) is 15.8 Å².